The van der Waals surface area contributed by atoms with E-state index in [-0.39, 0.29) is 5.91 Å². The Morgan fingerprint density at radius 3 is 2.88 bits per heavy atom. The number of nitrogens with one attached hydrogen (secondary N) is 1. The van der Waals surface area contributed by atoms with Crippen LogP contribution in [0.4, 0.5) is 11.4 Å². The standard InChI is InChI=1S/C18H18N6O/c25-18(14-9-8-13-17(19-14)21-22-20-13)24-11-12-5-3-4-10-23(12)15-6-1-2-7-16(15)24/h1-2,6-9,12H,3-5,10-11H2,(H,19,20,21,22). The quantitative estimate of drug-likeness (QED) is 0.739. The summed E-state index contributed by atoms with van der Waals surface area (Å²) in [6, 6.07) is 12.0. The third kappa shape index (κ3) is 2.26. The molecule has 2 aliphatic rings. The van der Waals surface area contributed by atoms with Gasteiger partial charge in [0, 0.05) is 19.1 Å². The molecule has 5 rings (SSSR count). The Kier molecular flexibility index (Phi) is 3.19. The van der Waals surface area contributed by atoms with Gasteiger partial charge in [0.25, 0.3) is 5.91 Å². The number of fused-ring (bicyclic) bond motifs is 4. The third-order valence-corrected chi connectivity index (χ3v) is 5.15. The van der Waals surface area contributed by atoms with E-state index in [1.54, 1.807) is 12.1 Å². The van der Waals surface area contributed by atoms with Gasteiger partial charge in [-0.3, -0.25) is 4.79 Å². The van der Waals surface area contributed by atoms with Gasteiger partial charge in [-0.05, 0) is 43.5 Å². The summed E-state index contributed by atoms with van der Waals surface area (Å²) in [6.07, 6.45) is 3.55. The normalized spacial score (nSPS) is 19.6. The molecule has 0 saturated carbocycles. The molecule has 1 aromatic carbocycles. The van der Waals surface area contributed by atoms with Crippen LogP contribution in [0, 0.1) is 0 Å². The average Bonchev–Trinajstić information content (AvgIpc) is 3.14. The van der Waals surface area contributed by atoms with Crippen LogP contribution < -0.4 is 9.80 Å². The predicted octanol–water partition coefficient (Wildman–Crippen LogP) is 2.37. The molecule has 1 saturated heterocycles. The lowest BCUT2D eigenvalue weighted by atomic mass is 9.96. The number of rotatable bonds is 1. The molecule has 2 aliphatic heterocycles. The van der Waals surface area contributed by atoms with Crippen molar-refractivity contribution in [1.29, 1.82) is 0 Å². The maximum Gasteiger partial charge on any atom is 0.277 e. The van der Waals surface area contributed by atoms with Gasteiger partial charge in [-0.25, -0.2) is 4.98 Å². The van der Waals surface area contributed by atoms with E-state index in [9.17, 15) is 4.79 Å². The minimum atomic E-state index is -0.0810. The van der Waals surface area contributed by atoms with Crippen LogP contribution in [0.25, 0.3) is 11.2 Å². The minimum Gasteiger partial charge on any atom is -0.365 e. The molecule has 0 bridgehead atoms. The molecule has 0 radical (unpaired) electrons. The van der Waals surface area contributed by atoms with E-state index in [1.807, 2.05) is 23.1 Å². The van der Waals surface area contributed by atoms with Gasteiger partial charge in [-0.1, -0.05) is 12.1 Å². The molecular formula is C18H18N6O. The zero-order valence-electron chi connectivity index (χ0n) is 13.7. The first kappa shape index (κ1) is 14.4. The fourth-order valence-corrected chi connectivity index (χ4v) is 3.94. The highest BCUT2D eigenvalue weighted by Gasteiger charge is 2.35. The Labute approximate surface area is 144 Å². The second-order valence-corrected chi connectivity index (χ2v) is 6.61. The molecule has 25 heavy (non-hydrogen) atoms. The molecule has 1 N–H and O–H groups in total. The van der Waals surface area contributed by atoms with Gasteiger partial charge >= 0.3 is 0 Å². The van der Waals surface area contributed by atoms with Crippen LogP contribution in [0.1, 0.15) is 29.8 Å². The van der Waals surface area contributed by atoms with Crippen molar-refractivity contribution in [2.75, 3.05) is 22.9 Å². The molecule has 4 heterocycles. The zero-order chi connectivity index (χ0) is 16.8. The molecule has 2 aromatic heterocycles. The molecular weight excluding hydrogens is 316 g/mol. The van der Waals surface area contributed by atoms with E-state index in [4.69, 9.17) is 0 Å². The van der Waals surface area contributed by atoms with E-state index >= 15 is 0 Å². The van der Waals surface area contributed by atoms with Crippen molar-refractivity contribution < 1.29 is 4.79 Å². The smallest absolute Gasteiger partial charge is 0.277 e. The zero-order valence-corrected chi connectivity index (χ0v) is 13.7. The van der Waals surface area contributed by atoms with Gasteiger partial charge in [0.1, 0.15) is 11.2 Å². The lowest BCUT2D eigenvalue weighted by molar-refractivity contribution is 0.0978. The number of carbonyl (C=O) groups excluding carboxylic acids is 1. The minimum absolute atomic E-state index is 0.0810. The monoisotopic (exact) mass is 334 g/mol. The van der Waals surface area contributed by atoms with E-state index in [0.29, 0.717) is 29.4 Å². The summed E-state index contributed by atoms with van der Waals surface area (Å²) in [5.41, 5.74) is 3.65. The molecule has 0 spiro atoms. The number of piperidine rings is 1. The Balaban J connectivity index is 1.56. The number of benzene rings is 1. The Morgan fingerprint density at radius 2 is 1.96 bits per heavy atom. The number of aromatic nitrogens is 4. The summed E-state index contributed by atoms with van der Waals surface area (Å²) in [5.74, 6) is -0.0810. The van der Waals surface area contributed by atoms with E-state index < -0.39 is 0 Å². The van der Waals surface area contributed by atoms with Gasteiger partial charge in [-0.2, -0.15) is 10.3 Å². The number of nitrogens with zero attached hydrogens (tertiary/aromatic N) is 5. The van der Waals surface area contributed by atoms with Crippen LogP contribution in [-0.4, -0.2) is 45.4 Å². The van der Waals surface area contributed by atoms with Crippen molar-refractivity contribution in [3.05, 3.63) is 42.1 Å². The number of amides is 1. The highest BCUT2D eigenvalue weighted by molar-refractivity contribution is 6.08. The lowest BCUT2D eigenvalue weighted by Crippen LogP contribution is -2.53. The molecule has 3 aromatic rings. The summed E-state index contributed by atoms with van der Waals surface area (Å²) in [5, 5.41) is 10.5. The Bertz CT molecular complexity index is 951. The predicted molar refractivity (Wildman–Crippen MR) is 94.8 cm³/mol. The molecule has 126 valence electrons. The van der Waals surface area contributed by atoms with Crippen LogP contribution in [0.3, 0.4) is 0 Å². The maximum absolute atomic E-state index is 13.2. The number of pyridine rings is 1. The van der Waals surface area contributed by atoms with Crippen molar-refractivity contribution in [2.24, 2.45) is 0 Å². The van der Waals surface area contributed by atoms with Crippen LogP contribution in [0.2, 0.25) is 0 Å². The number of anilines is 2. The number of carbonyl (C=O) groups is 1. The SMILES string of the molecule is O=C(c1ccc2n[nH]nc2n1)N1CC2CCCCN2c2ccccc21. The van der Waals surface area contributed by atoms with E-state index in [1.165, 1.54) is 12.8 Å². The molecule has 1 amide bonds. The fourth-order valence-electron chi connectivity index (χ4n) is 3.94. The van der Waals surface area contributed by atoms with Crippen molar-refractivity contribution >= 4 is 28.4 Å². The van der Waals surface area contributed by atoms with Crippen LogP contribution in [0.5, 0.6) is 0 Å². The van der Waals surface area contributed by atoms with Crippen molar-refractivity contribution in [1.82, 2.24) is 20.4 Å². The molecule has 1 atom stereocenters. The Hall–Kier alpha value is -2.96. The van der Waals surface area contributed by atoms with E-state index in [0.717, 1.165) is 24.3 Å². The topological polar surface area (TPSA) is 78.0 Å². The molecule has 7 heteroatoms. The molecule has 1 unspecified atom stereocenters. The first-order valence-electron chi connectivity index (χ1n) is 8.66. The average molecular weight is 334 g/mol. The second kappa shape index (κ2) is 5.54. The van der Waals surface area contributed by atoms with Crippen LogP contribution >= 0.6 is 0 Å². The van der Waals surface area contributed by atoms with Gasteiger partial charge in [-0.15, -0.1) is 5.10 Å². The van der Waals surface area contributed by atoms with Crippen molar-refractivity contribution in [3.63, 3.8) is 0 Å². The van der Waals surface area contributed by atoms with E-state index in [2.05, 4.69) is 31.4 Å². The number of para-hydroxylation sites is 2. The summed E-state index contributed by atoms with van der Waals surface area (Å²) in [7, 11) is 0. The highest BCUT2D eigenvalue weighted by atomic mass is 16.2. The number of hydrogen-bond acceptors (Lipinski definition) is 5. The lowest BCUT2D eigenvalue weighted by Gasteiger charge is -2.46. The summed E-state index contributed by atoms with van der Waals surface area (Å²) >= 11 is 0. The maximum atomic E-state index is 13.2. The molecule has 0 aliphatic carbocycles. The molecule has 1 fully saturated rings. The number of H-pyrrole nitrogens is 1. The van der Waals surface area contributed by atoms with Gasteiger partial charge in [0.2, 0.25) is 5.65 Å². The van der Waals surface area contributed by atoms with Crippen LogP contribution in [0.15, 0.2) is 36.4 Å². The van der Waals surface area contributed by atoms with Crippen molar-refractivity contribution in [3.8, 4) is 0 Å². The fraction of sp³-hybridized carbons (Fsp3) is 0.333. The third-order valence-electron chi connectivity index (χ3n) is 5.15. The van der Waals surface area contributed by atoms with Gasteiger partial charge in [0.05, 0.1) is 11.4 Å². The van der Waals surface area contributed by atoms with Gasteiger partial charge < -0.3 is 9.80 Å². The Morgan fingerprint density at radius 1 is 1.08 bits per heavy atom. The number of hydrogen-bond donors (Lipinski definition) is 1. The van der Waals surface area contributed by atoms with Gasteiger partial charge in [0.15, 0.2) is 0 Å². The first-order valence-corrected chi connectivity index (χ1v) is 8.66. The first-order chi connectivity index (χ1) is 12.3. The summed E-state index contributed by atoms with van der Waals surface area (Å²) in [4.78, 5) is 21.9. The second-order valence-electron chi connectivity index (χ2n) is 6.61. The largest absolute Gasteiger partial charge is 0.365 e. The van der Waals surface area contributed by atoms with Crippen molar-refractivity contribution in [2.45, 2.75) is 25.3 Å². The highest BCUT2D eigenvalue weighted by Crippen LogP contribution is 2.39. The summed E-state index contributed by atoms with van der Waals surface area (Å²) in [6.45, 7) is 1.77. The summed E-state index contributed by atoms with van der Waals surface area (Å²) < 4.78 is 0. The molecule has 7 nitrogen and oxygen atoms in total. The number of aromatic amines is 1. The van der Waals surface area contributed by atoms with Crippen LogP contribution in [-0.2, 0) is 0 Å².